The fourth-order valence-electron chi connectivity index (χ4n) is 2.83. The number of anilines is 2. The first kappa shape index (κ1) is 19.2. The summed E-state index contributed by atoms with van der Waals surface area (Å²) < 4.78 is 5.68. The van der Waals surface area contributed by atoms with Crippen molar-refractivity contribution in [2.24, 2.45) is 5.92 Å². The molecule has 3 heterocycles. The highest BCUT2D eigenvalue weighted by Crippen LogP contribution is 2.38. The van der Waals surface area contributed by atoms with Crippen molar-refractivity contribution in [3.8, 4) is 0 Å². The van der Waals surface area contributed by atoms with Gasteiger partial charge in [-0.2, -0.15) is 0 Å². The molecule has 3 atom stereocenters. The number of fused-ring (bicyclic) bond motifs is 1. The Morgan fingerprint density at radius 2 is 2.00 bits per heavy atom. The van der Waals surface area contributed by atoms with Crippen LogP contribution in [-0.4, -0.2) is 29.8 Å². The molecule has 148 valence electrons. The van der Waals surface area contributed by atoms with Crippen molar-refractivity contribution in [1.82, 2.24) is 16.2 Å². The van der Waals surface area contributed by atoms with Crippen molar-refractivity contribution < 1.29 is 14.3 Å². The van der Waals surface area contributed by atoms with E-state index in [1.54, 1.807) is 11.4 Å². The Hall–Kier alpha value is -2.11. The molecule has 1 fully saturated rings. The van der Waals surface area contributed by atoms with Crippen LogP contribution in [0.5, 0.6) is 0 Å². The van der Waals surface area contributed by atoms with Gasteiger partial charge < -0.3 is 20.7 Å². The summed E-state index contributed by atoms with van der Waals surface area (Å²) in [7, 11) is 0. The largest absolute Gasteiger partial charge is 0.364 e. The number of thioether (sulfide) groups is 1. The van der Waals surface area contributed by atoms with E-state index < -0.39 is 11.7 Å². The highest BCUT2D eigenvalue weighted by atomic mass is 32.2. The second-order valence-electron chi connectivity index (χ2n) is 6.73. The maximum absolute atomic E-state index is 12.7. The quantitative estimate of drug-likeness (QED) is 0.507. The number of para-hydroxylation sites is 1. The molecular weight excluding hydrogens is 398 g/mol. The minimum atomic E-state index is -0.634. The third-order valence-electron chi connectivity index (χ3n) is 4.31. The summed E-state index contributed by atoms with van der Waals surface area (Å²) >= 11 is 2.76. The number of hydrogen-bond donors (Lipinski definition) is 5. The molecule has 28 heavy (non-hydrogen) atoms. The van der Waals surface area contributed by atoms with Gasteiger partial charge in [-0.15, -0.1) is 11.3 Å². The van der Waals surface area contributed by atoms with Gasteiger partial charge in [0.1, 0.15) is 11.2 Å². The van der Waals surface area contributed by atoms with Crippen LogP contribution in [0.2, 0.25) is 0 Å². The van der Waals surface area contributed by atoms with Gasteiger partial charge in [0, 0.05) is 10.6 Å². The zero-order valence-electron chi connectivity index (χ0n) is 15.3. The maximum atomic E-state index is 12.7. The Balaban J connectivity index is 1.37. The number of rotatable bonds is 5. The van der Waals surface area contributed by atoms with Gasteiger partial charge in [0.25, 0.3) is 11.8 Å². The van der Waals surface area contributed by atoms with E-state index in [-0.39, 0.29) is 24.0 Å². The Bertz CT molecular complexity index is 863. The molecule has 0 spiro atoms. The molecule has 2 aliphatic heterocycles. The molecule has 4 rings (SSSR count). The van der Waals surface area contributed by atoms with Crippen molar-refractivity contribution >= 4 is 45.6 Å². The van der Waals surface area contributed by atoms with Crippen LogP contribution in [-0.2, 0) is 9.53 Å². The van der Waals surface area contributed by atoms with Gasteiger partial charge in [-0.3, -0.25) is 9.59 Å². The summed E-state index contributed by atoms with van der Waals surface area (Å²) in [6.45, 7) is 4.03. The lowest BCUT2D eigenvalue weighted by molar-refractivity contribution is -0.115. The van der Waals surface area contributed by atoms with Crippen LogP contribution in [0.1, 0.15) is 24.2 Å². The number of hydrogen-bond acceptors (Lipinski definition) is 8. The maximum Gasteiger partial charge on any atom is 0.258 e. The van der Waals surface area contributed by atoms with E-state index in [2.05, 4.69) is 26.8 Å². The number of nitrogens with one attached hydrogen (secondary N) is 5. The molecule has 1 saturated heterocycles. The second-order valence-corrected chi connectivity index (χ2v) is 8.80. The Morgan fingerprint density at radius 1 is 1.18 bits per heavy atom. The first-order chi connectivity index (χ1) is 13.5. The molecule has 2 amide bonds. The number of benzene rings is 1. The highest BCUT2D eigenvalue weighted by Gasteiger charge is 2.30. The summed E-state index contributed by atoms with van der Waals surface area (Å²) in [4.78, 5) is 26.3. The molecule has 1 aromatic carbocycles. The Kier molecular flexibility index (Phi) is 5.56. The standard InChI is InChI=1S/C18H21N5O3S2/c1-9(2)15-22-23-18(26-15)21-13(24)10-7-8-27-16(10)20-14(25)17-19-11-5-3-4-6-12(11)28-17/h3-9,15,17-19,22-23H,1-2H3,(H,20,25)(H,21,24). The average molecular weight is 420 g/mol. The summed E-state index contributed by atoms with van der Waals surface area (Å²) in [5, 5.41) is 10.6. The number of ether oxygens (including phenoxy) is 1. The predicted octanol–water partition coefficient (Wildman–Crippen LogP) is 2.35. The van der Waals surface area contributed by atoms with Gasteiger partial charge in [0.15, 0.2) is 5.37 Å². The molecule has 0 radical (unpaired) electrons. The number of hydrazine groups is 1. The lowest BCUT2D eigenvalue weighted by atomic mass is 10.2. The normalized spacial score (nSPS) is 23.3. The minimum Gasteiger partial charge on any atom is -0.364 e. The summed E-state index contributed by atoms with van der Waals surface area (Å²) in [5.74, 6) is -0.268. The van der Waals surface area contributed by atoms with Crippen molar-refractivity contribution in [2.45, 2.75) is 36.7 Å². The van der Waals surface area contributed by atoms with Gasteiger partial charge in [-0.05, 0) is 29.5 Å². The lowest BCUT2D eigenvalue weighted by Gasteiger charge is -2.15. The molecule has 2 aromatic rings. The SMILES string of the molecule is CC(C)C1NNC(NC(=O)c2ccsc2NC(=O)C2Nc3ccccc3S2)O1. The van der Waals surface area contributed by atoms with E-state index in [0.29, 0.717) is 10.6 Å². The van der Waals surface area contributed by atoms with E-state index in [1.807, 2.05) is 38.1 Å². The van der Waals surface area contributed by atoms with Gasteiger partial charge in [-0.25, -0.2) is 10.9 Å². The predicted molar refractivity (Wildman–Crippen MR) is 110 cm³/mol. The van der Waals surface area contributed by atoms with Crippen LogP contribution in [0.25, 0.3) is 0 Å². The molecule has 2 aliphatic rings. The van der Waals surface area contributed by atoms with Crippen LogP contribution in [0.15, 0.2) is 40.6 Å². The van der Waals surface area contributed by atoms with Gasteiger partial charge in [0.2, 0.25) is 6.35 Å². The number of carbonyl (C=O) groups excluding carboxylic acids is 2. The molecular formula is C18H21N5O3S2. The third kappa shape index (κ3) is 4.01. The summed E-state index contributed by atoms with van der Waals surface area (Å²) in [5.41, 5.74) is 7.22. The van der Waals surface area contributed by atoms with Crippen LogP contribution in [0.4, 0.5) is 10.7 Å². The molecule has 10 heteroatoms. The van der Waals surface area contributed by atoms with E-state index in [4.69, 9.17) is 4.74 Å². The van der Waals surface area contributed by atoms with Crippen LogP contribution in [0.3, 0.4) is 0 Å². The molecule has 1 aromatic heterocycles. The lowest BCUT2D eigenvalue weighted by Crippen LogP contribution is -2.45. The van der Waals surface area contributed by atoms with Crippen LogP contribution >= 0.6 is 23.1 Å². The van der Waals surface area contributed by atoms with Gasteiger partial charge in [0.05, 0.1) is 5.56 Å². The number of thiophene rings is 1. The number of carbonyl (C=O) groups is 2. The smallest absolute Gasteiger partial charge is 0.258 e. The number of amides is 2. The Morgan fingerprint density at radius 3 is 2.75 bits per heavy atom. The van der Waals surface area contributed by atoms with Crippen molar-refractivity contribution in [1.29, 1.82) is 0 Å². The Labute approximate surface area is 170 Å². The molecule has 8 nitrogen and oxygen atoms in total. The molecule has 0 bridgehead atoms. The van der Waals surface area contributed by atoms with Crippen LogP contribution in [0, 0.1) is 5.92 Å². The van der Waals surface area contributed by atoms with E-state index in [0.717, 1.165) is 10.6 Å². The fourth-order valence-corrected chi connectivity index (χ4v) is 4.64. The van der Waals surface area contributed by atoms with Gasteiger partial charge in [-0.1, -0.05) is 37.7 Å². The highest BCUT2D eigenvalue weighted by molar-refractivity contribution is 8.01. The summed E-state index contributed by atoms with van der Waals surface area (Å²) in [6.07, 6.45) is -0.816. The summed E-state index contributed by atoms with van der Waals surface area (Å²) in [6, 6.07) is 9.45. The van der Waals surface area contributed by atoms with Crippen molar-refractivity contribution in [3.63, 3.8) is 0 Å². The van der Waals surface area contributed by atoms with Crippen molar-refractivity contribution in [2.75, 3.05) is 10.6 Å². The van der Waals surface area contributed by atoms with E-state index >= 15 is 0 Å². The minimum absolute atomic E-state index is 0.181. The van der Waals surface area contributed by atoms with E-state index in [9.17, 15) is 9.59 Å². The first-order valence-corrected chi connectivity index (χ1v) is 10.6. The average Bonchev–Trinajstić information content (AvgIpc) is 3.40. The molecule has 0 saturated carbocycles. The second kappa shape index (κ2) is 8.10. The first-order valence-electron chi connectivity index (χ1n) is 8.89. The monoisotopic (exact) mass is 419 g/mol. The van der Waals surface area contributed by atoms with Gasteiger partial charge >= 0.3 is 0 Å². The van der Waals surface area contributed by atoms with Crippen LogP contribution < -0.4 is 26.8 Å². The molecule has 3 unspecified atom stereocenters. The molecule has 5 N–H and O–H groups in total. The fraction of sp³-hybridized carbons (Fsp3) is 0.333. The third-order valence-corrected chi connectivity index (χ3v) is 6.32. The van der Waals surface area contributed by atoms with E-state index in [1.165, 1.54) is 23.1 Å². The topological polar surface area (TPSA) is 104 Å². The van der Waals surface area contributed by atoms with Crippen molar-refractivity contribution in [3.05, 3.63) is 41.3 Å². The zero-order valence-corrected chi connectivity index (χ0v) is 16.9. The zero-order chi connectivity index (χ0) is 19.7. The molecule has 0 aliphatic carbocycles.